The Morgan fingerprint density at radius 3 is 2.62 bits per heavy atom. The van der Waals surface area contributed by atoms with E-state index in [-0.39, 0.29) is 5.97 Å². The molecule has 3 aromatic rings. The first-order valence-electron chi connectivity index (χ1n) is 6.22. The first-order chi connectivity index (χ1) is 10.1. The second kappa shape index (κ2) is 5.21. The highest BCUT2D eigenvalue weighted by atomic mass is 79.9. The van der Waals surface area contributed by atoms with Crippen LogP contribution in [0.1, 0.15) is 10.4 Å². The van der Waals surface area contributed by atoms with E-state index in [0.717, 1.165) is 21.1 Å². The normalized spacial score (nSPS) is 10.8. The quantitative estimate of drug-likeness (QED) is 0.551. The predicted octanol–water partition coefficient (Wildman–Crippen LogP) is 3.36. The van der Waals surface area contributed by atoms with Crippen LogP contribution in [-0.2, 0) is 4.74 Å². The third-order valence-electron chi connectivity index (χ3n) is 3.20. The maximum atomic E-state index is 11.4. The number of nitrogen functional groups attached to an aromatic ring is 1. The predicted molar refractivity (Wildman–Crippen MR) is 85.0 cm³/mol. The number of imidazole rings is 1. The van der Waals surface area contributed by atoms with Crippen molar-refractivity contribution in [3.8, 4) is 11.4 Å². The van der Waals surface area contributed by atoms with E-state index in [1.54, 1.807) is 12.1 Å². The number of hydrogen-bond donors (Lipinski definition) is 2. The number of hydrogen-bond acceptors (Lipinski definition) is 4. The average molecular weight is 346 g/mol. The minimum absolute atomic E-state index is 0.360. The van der Waals surface area contributed by atoms with Gasteiger partial charge in [0.1, 0.15) is 11.3 Å². The molecule has 0 saturated carbocycles. The number of halogens is 1. The van der Waals surface area contributed by atoms with Crippen LogP contribution in [0.15, 0.2) is 40.9 Å². The molecule has 21 heavy (non-hydrogen) atoms. The molecular weight excluding hydrogens is 334 g/mol. The minimum atomic E-state index is -0.360. The second-order valence-corrected chi connectivity index (χ2v) is 5.31. The Balaban J connectivity index is 2.04. The Hall–Kier alpha value is -2.34. The van der Waals surface area contributed by atoms with Crippen LogP contribution in [0.5, 0.6) is 0 Å². The summed E-state index contributed by atoms with van der Waals surface area (Å²) in [4.78, 5) is 19.2. The number of ether oxygens (including phenoxy) is 1. The van der Waals surface area contributed by atoms with Gasteiger partial charge in [0.05, 0.1) is 22.7 Å². The summed E-state index contributed by atoms with van der Waals surface area (Å²) >= 11 is 3.44. The molecule has 0 spiro atoms. The standard InChI is InChI=1S/C15H12BrN3O2/c1-21-15(20)9-4-2-8(3-5-9)14-18-11-7-6-10(17)12(16)13(11)19-14/h2-7H,17H2,1H3,(H,18,19). The van der Waals surface area contributed by atoms with Gasteiger partial charge < -0.3 is 15.5 Å². The van der Waals surface area contributed by atoms with Gasteiger partial charge in [0.25, 0.3) is 0 Å². The van der Waals surface area contributed by atoms with Crippen LogP contribution >= 0.6 is 15.9 Å². The van der Waals surface area contributed by atoms with Crippen molar-refractivity contribution in [3.05, 3.63) is 46.4 Å². The molecule has 1 aromatic heterocycles. The van der Waals surface area contributed by atoms with E-state index in [9.17, 15) is 4.79 Å². The summed E-state index contributed by atoms with van der Waals surface area (Å²) in [6, 6.07) is 10.8. The van der Waals surface area contributed by atoms with E-state index >= 15 is 0 Å². The fraction of sp³-hybridized carbons (Fsp3) is 0.0667. The molecule has 2 aromatic carbocycles. The Labute approximate surface area is 129 Å². The molecule has 0 bridgehead atoms. The number of esters is 1. The van der Waals surface area contributed by atoms with Crippen molar-refractivity contribution in [2.45, 2.75) is 0 Å². The van der Waals surface area contributed by atoms with Crippen LogP contribution in [0.4, 0.5) is 5.69 Å². The number of carbonyl (C=O) groups excluding carboxylic acids is 1. The van der Waals surface area contributed by atoms with Crippen molar-refractivity contribution in [3.63, 3.8) is 0 Å². The van der Waals surface area contributed by atoms with Crippen molar-refractivity contribution in [1.82, 2.24) is 9.97 Å². The summed E-state index contributed by atoms with van der Waals surface area (Å²) < 4.78 is 5.45. The van der Waals surface area contributed by atoms with Crippen molar-refractivity contribution in [1.29, 1.82) is 0 Å². The molecule has 0 aliphatic rings. The van der Waals surface area contributed by atoms with E-state index in [0.29, 0.717) is 17.1 Å². The van der Waals surface area contributed by atoms with E-state index in [4.69, 9.17) is 5.73 Å². The van der Waals surface area contributed by atoms with Gasteiger partial charge in [-0.3, -0.25) is 0 Å². The molecule has 0 radical (unpaired) electrons. The van der Waals surface area contributed by atoms with Crippen LogP contribution in [0.2, 0.25) is 0 Å². The molecule has 3 rings (SSSR count). The lowest BCUT2D eigenvalue weighted by Gasteiger charge is -2.00. The number of nitrogens with zero attached hydrogens (tertiary/aromatic N) is 1. The molecule has 3 N–H and O–H groups in total. The summed E-state index contributed by atoms with van der Waals surface area (Å²) in [7, 11) is 1.36. The zero-order chi connectivity index (χ0) is 15.0. The molecule has 5 nitrogen and oxygen atoms in total. The van der Waals surface area contributed by atoms with Gasteiger partial charge in [-0.2, -0.15) is 0 Å². The topological polar surface area (TPSA) is 81.0 Å². The first kappa shape index (κ1) is 13.6. The third kappa shape index (κ3) is 2.38. The van der Waals surface area contributed by atoms with Crippen molar-refractivity contribution in [2.24, 2.45) is 0 Å². The molecule has 0 fully saturated rings. The number of fused-ring (bicyclic) bond motifs is 1. The summed E-state index contributed by atoms with van der Waals surface area (Å²) in [5.74, 6) is 0.356. The van der Waals surface area contributed by atoms with E-state index in [1.807, 2.05) is 24.3 Å². The largest absolute Gasteiger partial charge is 0.465 e. The molecule has 0 saturated heterocycles. The average Bonchev–Trinajstić information content (AvgIpc) is 2.95. The second-order valence-electron chi connectivity index (χ2n) is 4.52. The zero-order valence-electron chi connectivity index (χ0n) is 11.2. The van der Waals surface area contributed by atoms with Gasteiger partial charge in [-0.05, 0) is 40.2 Å². The van der Waals surface area contributed by atoms with E-state index < -0.39 is 0 Å². The number of anilines is 1. The molecule has 0 aliphatic heterocycles. The number of carbonyl (C=O) groups is 1. The first-order valence-corrected chi connectivity index (χ1v) is 7.02. The van der Waals surface area contributed by atoms with Gasteiger partial charge in [0, 0.05) is 11.3 Å². The van der Waals surface area contributed by atoms with Crippen LogP contribution < -0.4 is 5.73 Å². The maximum absolute atomic E-state index is 11.4. The Morgan fingerprint density at radius 1 is 1.24 bits per heavy atom. The number of rotatable bonds is 2. The summed E-state index contributed by atoms with van der Waals surface area (Å²) in [5, 5.41) is 0. The fourth-order valence-corrected chi connectivity index (χ4v) is 2.51. The number of aromatic nitrogens is 2. The summed E-state index contributed by atoms with van der Waals surface area (Å²) in [6.45, 7) is 0. The molecular formula is C15H12BrN3O2. The molecule has 0 amide bonds. The molecule has 106 valence electrons. The number of methoxy groups -OCH3 is 1. The van der Waals surface area contributed by atoms with Crippen molar-refractivity contribution in [2.75, 3.05) is 12.8 Å². The smallest absolute Gasteiger partial charge is 0.337 e. The Kier molecular flexibility index (Phi) is 3.39. The number of benzene rings is 2. The fourth-order valence-electron chi connectivity index (χ4n) is 2.08. The van der Waals surface area contributed by atoms with Crippen molar-refractivity contribution >= 4 is 38.6 Å². The van der Waals surface area contributed by atoms with Gasteiger partial charge >= 0.3 is 5.97 Å². The SMILES string of the molecule is COC(=O)c1ccc(-c2nc3c(Br)c(N)ccc3[nH]2)cc1. The Bertz CT molecular complexity index is 825. The van der Waals surface area contributed by atoms with Crippen LogP contribution in [-0.4, -0.2) is 23.0 Å². The van der Waals surface area contributed by atoms with Crippen LogP contribution in [0.3, 0.4) is 0 Å². The highest BCUT2D eigenvalue weighted by molar-refractivity contribution is 9.10. The van der Waals surface area contributed by atoms with Crippen LogP contribution in [0, 0.1) is 0 Å². The lowest BCUT2D eigenvalue weighted by atomic mass is 10.1. The number of nitrogens with one attached hydrogen (secondary N) is 1. The number of nitrogens with two attached hydrogens (primary N) is 1. The molecule has 0 aliphatic carbocycles. The van der Waals surface area contributed by atoms with Crippen LogP contribution in [0.25, 0.3) is 22.4 Å². The van der Waals surface area contributed by atoms with E-state index in [1.165, 1.54) is 7.11 Å². The lowest BCUT2D eigenvalue weighted by molar-refractivity contribution is 0.0601. The number of aromatic amines is 1. The molecule has 6 heteroatoms. The van der Waals surface area contributed by atoms with Gasteiger partial charge in [-0.15, -0.1) is 0 Å². The van der Waals surface area contributed by atoms with Gasteiger partial charge in [0.15, 0.2) is 0 Å². The zero-order valence-corrected chi connectivity index (χ0v) is 12.8. The van der Waals surface area contributed by atoms with Gasteiger partial charge in [0.2, 0.25) is 0 Å². The summed E-state index contributed by atoms with van der Waals surface area (Å²) in [5.41, 5.74) is 9.54. The van der Waals surface area contributed by atoms with Crippen molar-refractivity contribution < 1.29 is 9.53 Å². The highest BCUT2D eigenvalue weighted by Crippen LogP contribution is 2.30. The summed E-state index contributed by atoms with van der Waals surface area (Å²) in [6.07, 6.45) is 0. The molecule has 1 heterocycles. The van der Waals surface area contributed by atoms with Gasteiger partial charge in [-0.1, -0.05) is 12.1 Å². The molecule has 0 unspecified atom stereocenters. The van der Waals surface area contributed by atoms with Gasteiger partial charge in [-0.25, -0.2) is 9.78 Å². The highest BCUT2D eigenvalue weighted by Gasteiger charge is 2.11. The maximum Gasteiger partial charge on any atom is 0.337 e. The monoisotopic (exact) mass is 345 g/mol. The number of H-pyrrole nitrogens is 1. The third-order valence-corrected chi connectivity index (χ3v) is 4.04. The molecule has 0 atom stereocenters. The van der Waals surface area contributed by atoms with E-state index in [2.05, 4.69) is 30.6 Å². The Morgan fingerprint density at radius 2 is 1.95 bits per heavy atom. The lowest BCUT2D eigenvalue weighted by Crippen LogP contribution is -2.00. The minimum Gasteiger partial charge on any atom is -0.465 e.